The molecule has 0 aromatic rings. The van der Waals surface area contributed by atoms with Crippen molar-refractivity contribution in [2.24, 2.45) is 11.3 Å². The van der Waals surface area contributed by atoms with Crippen molar-refractivity contribution in [3.63, 3.8) is 0 Å². The molecule has 19 heavy (non-hydrogen) atoms. The lowest BCUT2D eigenvalue weighted by molar-refractivity contribution is -0.119. The van der Waals surface area contributed by atoms with Crippen molar-refractivity contribution < 1.29 is 4.79 Å². The standard InChI is InChI=1S/C16H28N2O/c19-15-12-16(13-17-15)7-10-18(11-8-16)9-3-6-14-4-1-2-5-14/h14H,1-13H2,(H,17,19). The van der Waals surface area contributed by atoms with E-state index < -0.39 is 0 Å². The van der Waals surface area contributed by atoms with Crippen LogP contribution >= 0.6 is 0 Å². The molecule has 3 nitrogen and oxygen atoms in total. The summed E-state index contributed by atoms with van der Waals surface area (Å²) in [5, 5.41) is 3.02. The molecule has 1 aliphatic carbocycles. The molecule has 2 saturated heterocycles. The molecular formula is C16H28N2O. The topological polar surface area (TPSA) is 32.3 Å². The lowest BCUT2D eigenvalue weighted by atomic mass is 9.77. The Morgan fingerprint density at radius 3 is 2.58 bits per heavy atom. The van der Waals surface area contributed by atoms with Crippen LogP contribution in [-0.4, -0.2) is 37.0 Å². The first-order valence-corrected chi connectivity index (χ1v) is 8.25. The van der Waals surface area contributed by atoms with Crippen LogP contribution in [0.25, 0.3) is 0 Å². The molecule has 3 rings (SSSR count). The van der Waals surface area contributed by atoms with Crippen molar-refractivity contribution in [1.82, 2.24) is 10.2 Å². The first-order chi connectivity index (χ1) is 9.26. The molecule has 3 fully saturated rings. The average Bonchev–Trinajstić information content (AvgIpc) is 3.03. The summed E-state index contributed by atoms with van der Waals surface area (Å²) in [4.78, 5) is 14.0. The van der Waals surface area contributed by atoms with Crippen LogP contribution in [0.1, 0.15) is 57.8 Å². The van der Waals surface area contributed by atoms with Crippen molar-refractivity contribution in [2.45, 2.75) is 57.8 Å². The van der Waals surface area contributed by atoms with Crippen LogP contribution in [0.3, 0.4) is 0 Å². The number of nitrogens with one attached hydrogen (secondary N) is 1. The van der Waals surface area contributed by atoms with Gasteiger partial charge in [0.05, 0.1) is 0 Å². The Balaban J connectivity index is 1.35. The van der Waals surface area contributed by atoms with E-state index in [0.717, 1.165) is 18.9 Å². The fraction of sp³-hybridized carbons (Fsp3) is 0.938. The van der Waals surface area contributed by atoms with Gasteiger partial charge >= 0.3 is 0 Å². The van der Waals surface area contributed by atoms with Gasteiger partial charge in [-0.05, 0) is 56.7 Å². The average molecular weight is 264 g/mol. The van der Waals surface area contributed by atoms with Crippen LogP contribution in [0.5, 0.6) is 0 Å². The Labute approximate surface area is 117 Å². The van der Waals surface area contributed by atoms with Gasteiger partial charge in [-0.15, -0.1) is 0 Å². The van der Waals surface area contributed by atoms with Gasteiger partial charge in [0.2, 0.25) is 5.91 Å². The minimum atomic E-state index is 0.273. The number of amides is 1. The highest BCUT2D eigenvalue weighted by Crippen LogP contribution is 2.37. The summed E-state index contributed by atoms with van der Waals surface area (Å²) >= 11 is 0. The molecule has 0 radical (unpaired) electrons. The molecule has 0 aromatic carbocycles. The Morgan fingerprint density at radius 2 is 1.95 bits per heavy atom. The van der Waals surface area contributed by atoms with Crippen molar-refractivity contribution >= 4 is 5.91 Å². The predicted molar refractivity (Wildman–Crippen MR) is 76.9 cm³/mol. The highest BCUT2D eigenvalue weighted by Gasteiger charge is 2.40. The van der Waals surface area contributed by atoms with E-state index in [-0.39, 0.29) is 5.91 Å². The molecule has 3 heteroatoms. The summed E-state index contributed by atoms with van der Waals surface area (Å²) in [6.07, 6.45) is 12.0. The number of hydrogen-bond acceptors (Lipinski definition) is 2. The van der Waals surface area contributed by atoms with E-state index in [9.17, 15) is 4.79 Å². The van der Waals surface area contributed by atoms with Gasteiger partial charge in [0.1, 0.15) is 0 Å². The van der Waals surface area contributed by atoms with Crippen molar-refractivity contribution in [1.29, 1.82) is 0 Å². The van der Waals surface area contributed by atoms with Gasteiger partial charge in [0.15, 0.2) is 0 Å². The van der Waals surface area contributed by atoms with Crippen LogP contribution in [0.15, 0.2) is 0 Å². The largest absolute Gasteiger partial charge is 0.356 e. The Kier molecular flexibility index (Phi) is 4.11. The molecule has 1 amide bonds. The fourth-order valence-corrected chi connectivity index (χ4v) is 4.26. The maximum absolute atomic E-state index is 11.4. The van der Waals surface area contributed by atoms with E-state index in [1.807, 2.05) is 0 Å². The summed E-state index contributed by atoms with van der Waals surface area (Å²) in [5.41, 5.74) is 0.318. The second kappa shape index (κ2) is 5.82. The number of hydrogen-bond donors (Lipinski definition) is 1. The van der Waals surface area contributed by atoms with Crippen molar-refractivity contribution in [3.05, 3.63) is 0 Å². The minimum Gasteiger partial charge on any atom is -0.356 e. The second-order valence-corrected chi connectivity index (χ2v) is 7.09. The monoisotopic (exact) mass is 264 g/mol. The molecule has 2 heterocycles. The zero-order valence-electron chi connectivity index (χ0n) is 12.1. The number of likely N-dealkylation sites (tertiary alicyclic amines) is 1. The lowest BCUT2D eigenvalue weighted by Gasteiger charge is -2.38. The van der Waals surface area contributed by atoms with Gasteiger partial charge in [-0.2, -0.15) is 0 Å². The van der Waals surface area contributed by atoms with Crippen LogP contribution < -0.4 is 5.32 Å². The first kappa shape index (κ1) is 13.4. The smallest absolute Gasteiger partial charge is 0.220 e. The normalized spacial score (nSPS) is 28.1. The van der Waals surface area contributed by atoms with Gasteiger partial charge in [0.25, 0.3) is 0 Å². The number of carbonyl (C=O) groups is 1. The molecule has 1 spiro atoms. The van der Waals surface area contributed by atoms with Gasteiger partial charge in [0, 0.05) is 13.0 Å². The summed E-state index contributed by atoms with van der Waals surface area (Å²) < 4.78 is 0. The molecule has 0 unspecified atom stereocenters. The summed E-state index contributed by atoms with van der Waals surface area (Å²) in [6.45, 7) is 4.63. The van der Waals surface area contributed by atoms with Gasteiger partial charge in [-0.1, -0.05) is 25.7 Å². The van der Waals surface area contributed by atoms with Gasteiger partial charge < -0.3 is 10.2 Å². The molecule has 1 saturated carbocycles. The molecule has 0 atom stereocenters. The third kappa shape index (κ3) is 3.31. The molecule has 3 aliphatic rings. The van der Waals surface area contributed by atoms with Crippen molar-refractivity contribution in [3.8, 4) is 0 Å². The fourth-order valence-electron chi connectivity index (χ4n) is 4.26. The first-order valence-electron chi connectivity index (χ1n) is 8.25. The lowest BCUT2D eigenvalue weighted by Crippen LogP contribution is -2.41. The maximum Gasteiger partial charge on any atom is 0.220 e. The maximum atomic E-state index is 11.4. The number of piperidine rings is 1. The van der Waals surface area contributed by atoms with E-state index in [1.54, 1.807) is 0 Å². The second-order valence-electron chi connectivity index (χ2n) is 7.09. The highest BCUT2D eigenvalue weighted by atomic mass is 16.1. The zero-order valence-corrected chi connectivity index (χ0v) is 12.1. The predicted octanol–water partition coefficient (Wildman–Crippen LogP) is 2.56. The van der Waals surface area contributed by atoms with E-state index in [1.165, 1.54) is 71.0 Å². The minimum absolute atomic E-state index is 0.273. The van der Waals surface area contributed by atoms with Crippen LogP contribution in [0.4, 0.5) is 0 Å². The summed E-state index contributed by atoms with van der Waals surface area (Å²) in [6, 6.07) is 0. The zero-order chi connectivity index (χ0) is 13.1. The van der Waals surface area contributed by atoms with E-state index in [2.05, 4.69) is 10.2 Å². The Morgan fingerprint density at radius 1 is 1.21 bits per heavy atom. The summed E-state index contributed by atoms with van der Waals surface area (Å²) in [7, 11) is 0. The molecule has 1 N–H and O–H groups in total. The SMILES string of the molecule is O=C1CC2(CCN(CCCC3CCCC3)CC2)CN1. The van der Waals surface area contributed by atoms with Crippen LogP contribution in [-0.2, 0) is 4.79 Å². The molecule has 0 bridgehead atoms. The number of carbonyl (C=O) groups excluding carboxylic acids is 1. The quantitative estimate of drug-likeness (QED) is 0.846. The Bertz CT molecular complexity index is 315. The molecule has 0 aromatic heterocycles. The van der Waals surface area contributed by atoms with E-state index >= 15 is 0 Å². The molecular weight excluding hydrogens is 236 g/mol. The van der Waals surface area contributed by atoms with Gasteiger partial charge in [-0.25, -0.2) is 0 Å². The van der Waals surface area contributed by atoms with E-state index in [0.29, 0.717) is 5.41 Å². The third-order valence-corrected chi connectivity index (χ3v) is 5.67. The summed E-state index contributed by atoms with van der Waals surface area (Å²) in [5.74, 6) is 1.31. The van der Waals surface area contributed by atoms with E-state index in [4.69, 9.17) is 0 Å². The number of rotatable bonds is 4. The van der Waals surface area contributed by atoms with Gasteiger partial charge in [-0.3, -0.25) is 4.79 Å². The van der Waals surface area contributed by atoms with Crippen LogP contribution in [0, 0.1) is 11.3 Å². The Hall–Kier alpha value is -0.570. The van der Waals surface area contributed by atoms with Crippen molar-refractivity contribution in [2.75, 3.05) is 26.2 Å². The third-order valence-electron chi connectivity index (χ3n) is 5.67. The van der Waals surface area contributed by atoms with Crippen LogP contribution in [0.2, 0.25) is 0 Å². The highest BCUT2D eigenvalue weighted by molar-refractivity contribution is 5.79. The molecule has 108 valence electrons. The molecule has 2 aliphatic heterocycles. The number of nitrogens with zero attached hydrogens (tertiary/aromatic N) is 1.